The number of H-pyrrole nitrogens is 1. The van der Waals surface area contributed by atoms with Gasteiger partial charge in [-0.1, -0.05) is 37.3 Å². The lowest BCUT2D eigenvalue weighted by atomic mass is 9.90. The molecule has 2 aromatic carbocycles. The molecule has 0 spiro atoms. The van der Waals surface area contributed by atoms with Crippen molar-refractivity contribution in [2.24, 2.45) is 0 Å². The van der Waals surface area contributed by atoms with E-state index in [0.717, 1.165) is 23.0 Å². The average molecular weight is 404 g/mol. The Bertz CT molecular complexity index is 1140. The molecule has 2 N–H and O–H groups in total. The predicted octanol–water partition coefficient (Wildman–Crippen LogP) is 4.58. The lowest BCUT2D eigenvalue weighted by Crippen LogP contribution is -2.15. The Morgan fingerprint density at radius 3 is 2.72 bits per heavy atom. The second-order valence-corrected chi connectivity index (χ2v) is 7.48. The molecule has 4 rings (SSSR count). The molecular weight excluding hydrogens is 384 g/mol. The normalized spacial score (nSPS) is 12.0. The monoisotopic (exact) mass is 404 g/mol. The maximum atomic E-state index is 12.8. The first-order valence-corrected chi connectivity index (χ1v) is 10.3. The van der Waals surface area contributed by atoms with E-state index in [2.05, 4.69) is 20.3 Å². The number of rotatable bonds is 7. The largest absolute Gasteiger partial charge is 0.342 e. The number of aromatic nitrogens is 3. The number of thiazole rings is 1. The molecule has 0 aliphatic rings. The van der Waals surface area contributed by atoms with E-state index in [-0.39, 0.29) is 24.0 Å². The number of nitrogens with one attached hydrogen (secondary N) is 2. The van der Waals surface area contributed by atoms with Crippen LogP contribution in [0, 0.1) is 0 Å². The van der Waals surface area contributed by atoms with Crippen molar-refractivity contribution in [2.75, 3.05) is 5.32 Å². The van der Waals surface area contributed by atoms with Gasteiger partial charge in [-0.2, -0.15) is 0 Å². The minimum atomic E-state index is -0.255. The van der Waals surface area contributed by atoms with Crippen LogP contribution in [-0.2, 0) is 11.2 Å². The van der Waals surface area contributed by atoms with Gasteiger partial charge in [-0.15, -0.1) is 11.3 Å². The molecule has 0 fully saturated rings. The van der Waals surface area contributed by atoms with Gasteiger partial charge in [-0.25, -0.2) is 9.97 Å². The molecule has 2 heterocycles. The number of amides is 1. The topological polar surface area (TPSA) is 87.7 Å². The summed E-state index contributed by atoms with van der Waals surface area (Å²) < 4.78 is 0. The van der Waals surface area contributed by atoms with Crippen LogP contribution in [0.1, 0.15) is 41.1 Å². The number of hydrogen-bond donors (Lipinski definition) is 2. The summed E-state index contributed by atoms with van der Waals surface area (Å²) >= 11 is 1.37. The highest BCUT2D eigenvalue weighted by Gasteiger charge is 2.20. The maximum absolute atomic E-state index is 12.8. The van der Waals surface area contributed by atoms with E-state index in [1.54, 1.807) is 17.0 Å². The van der Waals surface area contributed by atoms with Crippen LogP contribution in [0.3, 0.4) is 0 Å². The summed E-state index contributed by atoms with van der Waals surface area (Å²) in [5.41, 5.74) is 5.22. The highest BCUT2D eigenvalue weighted by molar-refractivity contribution is 7.07. The smallest absolute Gasteiger partial charge is 0.275 e. The molecule has 0 saturated heterocycles. The molecule has 0 bridgehead atoms. The number of imidazole rings is 1. The zero-order valence-electron chi connectivity index (χ0n) is 15.9. The van der Waals surface area contributed by atoms with Crippen LogP contribution >= 0.6 is 11.3 Å². The Hall–Kier alpha value is -3.32. The molecule has 29 heavy (non-hydrogen) atoms. The molecule has 0 unspecified atom stereocenters. The van der Waals surface area contributed by atoms with Crippen molar-refractivity contribution in [1.82, 2.24) is 15.0 Å². The van der Waals surface area contributed by atoms with Crippen LogP contribution in [0.15, 0.2) is 59.4 Å². The van der Waals surface area contributed by atoms with Crippen molar-refractivity contribution < 1.29 is 9.59 Å². The van der Waals surface area contributed by atoms with Gasteiger partial charge in [0.1, 0.15) is 17.3 Å². The van der Waals surface area contributed by atoms with Gasteiger partial charge in [0.15, 0.2) is 0 Å². The van der Waals surface area contributed by atoms with Crippen LogP contribution in [0.25, 0.3) is 11.0 Å². The Kier molecular flexibility index (Phi) is 5.48. The van der Waals surface area contributed by atoms with Crippen LogP contribution in [-0.4, -0.2) is 26.6 Å². The zero-order valence-corrected chi connectivity index (χ0v) is 16.7. The molecule has 7 heteroatoms. The number of Topliss-reactive ketones (excluding diaryl/α,β-unsaturated/α-hetero) is 1. The second-order valence-electron chi connectivity index (χ2n) is 6.76. The van der Waals surface area contributed by atoms with Gasteiger partial charge in [0.25, 0.3) is 5.91 Å². The van der Waals surface area contributed by atoms with Crippen LogP contribution in [0.5, 0.6) is 0 Å². The fourth-order valence-corrected chi connectivity index (χ4v) is 3.90. The summed E-state index contributed by atoms with van der Waals surface area (Å²) in [4.78, 5) is 36.8. The van der Waals surface area contributed by atoms with Crippen LogP contribution < -0.4 is 5.32 Å². The first-order valence-electron chi connectivity index (χ1n) is 9.40. The summed E-state index contributed by atoms with van der Waals surface area (Å²) in [6.07, 6.45) is 0.985. The van der Waals surface area contributed by atoms with Gasteiger partial charge in [-0.05, 0) is 30.2 Å². The third kappa shape index (κ3) is 4.25. The van der Waals surface area contributed by atoms with Crippen molar-refractivity contribution in [3.05, 3.63) is 76.5 Å². The number of aromatic amines is 1. The first-order chi connectivity index (χ1) is 14.1. The molecule has 0 saturated carbocycles. The molecule has 0 aliphatic carbocycles. The Labute approximate surface area is 172 Å². The number of carbonyl (C=O) groups excluding carboxylic acids is 2. The highest BCUT2D eigenvalue weighted by Crippen LogP contribution is 2.23. The number of hydrogen-bond acceptors (Lipinski definition) is 5. The van der Waals surface area contributed by atoms with Gasteiger partial charge in [0, 0.05) is 17.0 Å². The fourth-order valence-electron chi connectivity index (χ4n) is 3.37. The quantitative estimate of drug-likeness (QED) is 0.472. The van der Waals surface area contributed by atoms with Gasteiger partial charge >= 0.3 is 0 Å². The summed E-state index contributed by atoms with van der Waals surface area (Å²) in [5.74, 6) is 0.365. The number of carbonyl (C=O) groups is 2. The Morgan fingerprint density at radius 1 is 1.17 bits per heavy atom. The van der Waals surface area contributed by atoms with Crippen molar-refractivity contribution in [2.45, 2.75) is 25.7 Å². The highest BCUT2D eigenvalue weighted by atomic mass is 32.1. The third-order valence-electron chi connectivity index (χ3n) is 4.79. The minimum Gasteiger partial charge on any atom is -0.342 e. The van der Waals surface area contributed by atoms with E-state index < -0.39 is 0 Å². The summed E-state index contributed by atoms with van der Waals surface area (Å²) in [7, 11) is 0. The number of fused-ring (bicyclic) bond motifs is 1. The van der Waals surface area contributed by atoms with Gasteiger partial charge in [0.2, 0.25) is 0 Å². The molecule has 146 valence electrons. The molecular formula is C22H20N4O2S. The number of anilines is 1. The third-order valence-corrected chi connectivity index (χ3v) is 5.38. The van der Waals surface area contributed by atoms with Crippen LogP contribution in [0.2, 0.25) is 0 Å². The summed E-state index contributed by atoms with van der Waals surface area (Å²) in [6, 6.07) is 15.3. The van der Waals surface area contributed by atoms with E-state index in [1.807, 2.05) is 49.4 Å². The van der Waals surface area contributed by atoms with Crippen molar-refractivity contribution in [1.29, 1.82) is 0 Å². The molecule has 0 radical (unpaired) electrons. The Balaban J connectivity index is 1.50. The lowest BCUT2D eigenvalue weighted by molar-refractivity contribution is -0.120. The molecule has 6 nitrogen and oxygen atoms in total. The molecule has 2 aromatic heterocycles. The van der Waals surface area contributed by atoms with Gasteiger partial charge < -0.3 is 10.3 Å². The minimum absolute atomic E-state index is 0.134. The predicted molar refractivity (Wildman–Crippen MR) is 114 cm³/mol. The van der Waals surface area contributed by atoms with Crippen molar-refractivity contribution >= 4 is 39.7 Å². The van der Waals surface area contributed by atoms with Gasteiger partial charge in [0.05, 0.1) is 23.0 Å². The van der Waals surface area contributed by atoms with E-state index in [9.17, 15) is 9.59 Å². The Morgan fingerprint density at radius 2 is 2.00 bits per heavy atom. The van der Waals surface area contributed by atoms with E-state index in [0.29, 0.717) is 17.2 Å². The first kappa shape index (κ1) is 19.0. The molecule has 0 aliphatic heterocycles. The number of benzene rings is 2. The summed E-state index contributed by atoms with van der Waals surface area (Å²) in [5, 5.41) is 4.52. The SMILES string of the molecule is CC[C@H](C(=O)Cc1nc2ccc(NC(=O)c3cscn3)cc2[nH]1)c1ccccc1. The average Bonchev–Trinajstić information content (AvgIpc) is 3.38. The molecule has 1 amide bonds. The molecule has 4 aromatic rings. The molecule has 1 atom stereocenters. The maximum Gasteiger partial charge on any atom is 0.275 e. The lowest BCUT2D eigenvalue weighted by Gasteiger charge is -2.13. The van der Waals surface area contributed by atoms with Crippen molar-refractivity contribution in [3.8, 4) is 0 Å². The summed E-state index contributed by atoms with van der Waals surface area (Å²) in [6.45, 7) is 2.02. The van der Waals surface area contributed by atoms with Crippen LogP contribution in [0.4, 0.5) is 5.69 Å². The zero-order chi connectivity index (χ0) is 20.2. The standard InChI is InChI=1S/C22H20N4O2S/c1-2-16(14-6-4-3-5-7-14)20(27)11-21-25-17-9-8-15(10-18(17)26-21)24-22(28)19-12-29-13-23-19/h3-10,12-13,16H,2,11H2,1H3,(H,24,28)(H,25,26)/t16-/m0/s1. The number of nitrogens with zero attached hydrogens (tertiary/aromatic N) is 2. The van der Waals surface area contributed by atoms with E-state index >= 15 is 0 Å². The van der Waals surface area contributed by atoms with E-state index in [4.69, 9.17) is 0 Å². The number of ketones is 1. The fraction of sp³-hybridized carbons (Fsp3) is 0.182. The second kappa shape index (κ2) is 8.36. The van der Waals surface area contributed by atoms with E-state index in [1.165, 1.54) is 11.3 Å². The van der Waals surface area contributed by atoms with Crippen molar-refractivity contribution in [3.63, 3.8) is 0 Å². The van der Waals surface area contributed by atoms with Gasteiger partial charge in [-0.3, -0.25) is 9.59 Å².